The molecule has 0 bridgehead atoms. The van der Waals surface area contributed by atoms with E-state index in [0.29, 0.717) is 0 Å². The molecule has 0 amide bonds. The Morgan fingerprint density at radius 2 is 1.50 bits per heavy atom. The van der Waals surface area contributed by atoms with Gasteiger partial charge in [-0.05, 0) is 41.3 Å². The molecule has 5 aromatic carbocycles. The third-order valence-corrected chi connectivity index (χ3v) is 8.26. The van der Waals surface area contributed by atoms with Crippen molar-refractivity contribution in [2.24, 2.45) is 0 Å². The molecule has 0 saturated heterocycles. The second-order valence-electron chi connectivity index (χ2n) is 9.87. The summed E-state index contributed by atoms with van der Waals surface area (Å²) in [5.41, 5.74) is 12.3. The molecule has 0 fully saturated rings. The molecular weight excluding hydrogens is 443 g/mol. The van der Waals surface area contributed by atoms with E-state index in [2.05, 4.69) is 93.7 Å². The quantitative estimate of drug-likeness (QED) is 0.313. The van der Waals surface area contributed by atoms with Crippen molar-refractivity contribution in [2.75, 3.05) is 0 Å². The lowest BCUT2D eigenvalue weighted by molar-refractivity contribution is 0.671. The maximum atomic E-state index is 6.62. The van der Waals surface area contributed by atoms with Crippen LogP contribution < -0.4 is 16.4 Å². The van der Waals surface area contributed by atoms with Crippen LogP contribution in [0.1, 0.15) is 0 Å². The van der Waals surface area contributed by atoms with Crippen molar-refractivity contribution in [1.29, 1.82) is 0 Å². The summed E-state index contributed by atoms with van der Waals surface area (Å²) >= 11 is 0. The van der Waals surface area contributed by atoms with Crippen molar-refractivity contribution in [1.82, 2.24) is 19.6 Å². The van der Waals surface area contributed by atoms with E-state index in [1.165, 1.54) is 38.4 Å². The molecule has 0 radical (unpaired) electrons. The highest BCUT2D eigenvalue weighted by molar-refractivity contribution is 7.01. The molecule has 6 heteroatoms. The molecule has 5 heterocycles. The third-order valence-electron chi connectivity index (χ3n) is 8.26. The van der Waals surface area contributed by atoms with Crippen LogP contribution in [0, 0.1) is 0 Å². The fourth-order valence-electron chi connectivity index (χ4n) is 6.91. The van der Waals surface area contributed by atoms with Gasteiger partial charge in [-0.2, -0.15) is 0 Å². The van der Waals surface area contributed by atoms with Crippen molar-refractivity contribution >= 4 is 77.9 Å². The molecule has 36 heavy (non-hydrogen) atoms. The fourth-order valence-corrected chi connectivity index (χ4v) is 6.91. The number of furan rings is 1. The largest absolute Gasteiger partial charge is 0.457 e. The summed E-state index contributed by atoms with van der Waals surface area (Å²) in [4.78, 5) is 0. The Bertz CT molecular complexity index is 2290. The molecule has 0 N–H and O–H groups in total. The van der Waals surface area contributed by atoms with Gasteiger partial charge in [0.05, 0.1) is 22.2 Å². The number of benzene rings is 5. The Kier molecular flexibility index (Phi) is 2.78. The number of hydrogen-bond acceptors (Lipinski definition) is 3. The van der Waals surface area contributed by atoms with Crippen LogP contribution in [0.2, 0.25) is 0 Å². The van der Waals surface area contributed by atoms with Crippen molar-refractivity contribution < 1.29 is 4.42 Å². The Morgan fingerprint density at radius 1 is 0.667 bits per heavy atom. The van der Waals surface area contributed by atoms with Gasteiger partial charge in [-0.25, -0.2) is 4.68 Å². The predicted octanol–water partition coefficient (Wildman–Crippen LogP) is 4.56. The number of rotatable bonds is 0. The van der Waals surface area contributed by atoms with Crippen LogP contribution in [-0.2, 0) is 0 Å². The summed E-state index contributed by atoms with van der Waals surface area (Å²) in [6.45, 7) is 0.0227. The molecule has 0 saturated carbocycles. The first-order chi connectivity index (χ1) is 17.9. The van der Waals surface area contributed by atoms with E-state index in [-0.39, 0.29) is 6.71 Å². The molecular formula is C30H15BN4O. The molecule has 0 unspecified atom stereocenters. The van der Waals surface area contributed by atoms with E-state index in [1.54, 1.807) is 0 Å². The SMILES string of the molecule is c1ccc2c(c1)B1c3c4oc5ccccc5c4cc4nnn(c34)-c3ccc4c5ccccc5n-2c4c31. The van der Waals surface area contributed by atoms with Gasteiger partial charge in [0.2, 0.25) is 0 Å². The lowest BCUT2D eigenvalue weighted by Crippen LogP contribution is -2.59. The van der Waals surface area contributed by atoms with Crippen LogP contribution in [0.15, 0.2) is 95.4 Å². The lowest BCUT2D eigenvalue weighted by atomic mass is 9.34. The number of para-hydroxylation sites is 3. The Morgan fingerprint density at radius 3 is 2.47 bits per heavy atom. The minimum absolute atomic E-state index is 0.0227. The first-order valence-electron chi connectivity index (χ1n) is 12.2. The minimum atomic E-state index is 0.0227. The molecule has 0 aliphatic carbocycles. The van der Waals surface area contributed by atoms with E-state index in [1.807, 2.05) is 16.8 Å². The maximum Gasteiger partial charge on any atom is 0.257 e. The monoisotopic (exact) mass is 458 g/mol. The van der Waals surface area contributed by atoms with Crippen molar-refractivity contribution in [3.8, 4) is 11.4 Å². The molecule has 3 aromatic heterocycles. The van der Waals surface area contributed by atoms with Crippen molar-refractivity contribution in [3.05, 3.63) is 91.0 Å². The molecule has 2 aliphatic heterocycles. The van der Waals surface area contributed by atoms with Gasteiger partial charge in [-0.1, -0.05) is 65.9 Å². The highest BCUT2D eigenvalue weighted by Gasteiger charge is 2.42. The molecule has 8 aromatic rings. The van der Waals surface area contributed by atoms with Gasteiger partial charge in [0.25, 0.3) is 6.71 Å². The highest BCUT2D eigenvalue weighted by Crippen LogP contribution is 2.38. The van der Waals surface area contributed by atoms with Crippen molar-refractivity contribution in [3.63, 3.8) is 0 Å². The topological polar surface area (TPSA) is 48.8 Å². The van der Waals surface area contributed by atoms with Gasteiger partial charge in [-0.3, -0.25) is 0 Å². The summed E-state index contributed by atoms with van der Waals surface area (Å²) < 4.78 is 11.1. The second-order valence-corrected chi connectivity index (χ2v) is 9.87. The van der Waals surface area contributed by atoms with E-state index in [9.17, 15) is 0 Å². The van der Waals surface area contributed by atoms with Crippen molar-refractivity contribution in [2.45, 2.75) is 0 Å². The molecule has 10 rings (SSSR count). The normalized spacial score (nSPS) is 13.5. The van der Waals surface area contributed by atoms with E-state index < -0.39 is 0 Å². The van der Waals surface area contributed by atoms with E-state index >= 15 is 0 Å². The third kappa shape index (κ3) is 1.78. The van der Waals surface area contributed by atoms with Crippen LogP contribution >= 0.6 is 0 Å². The lowest BCUT2D eigenvalue weighted by Gasteiger charge is -2.31. The first kappa shape index (κ1) is 17.6. The molecule has 164 valence electrons. The standard InChI is InChI=1S/C30H15BN4O/c1-4-10-22-16(7-1)18-13-14-24-26-28(18)34(22)23-11-5-3-9-20(23)31(26)27-29-21(32-33-35(24)29)15-19-17-8-2-6-12-25(17)36-30(19)27/h1-15H. The Balaban J connectivity index is 1.51. The summed E-state index contributed by atoms with van der Waals surface area (Å²) in [6, 6.07) is 32.4. The van der Waals surface area contributed by atoms with Gasteiger partial charge in [0.15, 0.2) is 0 Å². The average Bonchev–Trinajstić information content (AvgIpc) is 3.62. The summed E-state index contributed by atoms with van der Waals surface area (Å²) in [7, 11) is 0. The zero-order valence-corrected chi connectivity index (χ0v) is 18.9. The first-order valence-corrected chi connectivity index (χ1v) is 12.2. The van der Waals surface area contributed by atoms with Crippen LogP contribution in [0.25, 0.3) is 66.2 Å². The number of hydrogen-bond donors (Lipinski definition) is 0. The predicted molar refractivity (Wildman–Crippen MR) is 145 cm³/mol. The van der Waals surface area contributed by atoms with Gasteiger partial charge in [0.1, 0.15) is 16.7 Å². The molecule has 5 nitrogen and oxygen atoms in total. The van der Waals surface area contributed by atoms with Gasteiger partial charge in [-0.15, -0.1) is 5.10 Å². The zero-order chi connectivity index (χ0) is 23.1. The summed E-state index contributed by atoms with van der Waals surface area (Å²) in [5, 5.41) is 14.1. The number of aromatic nitrogens is 4. The maximum absolute atomic E-state index is 6.62. The number of fused-ring (bicyclic) bond motifs is 12. The smallest absolute Gasteiger partial charge is 0.257 e. The summed E-state index contributed by atoms with van der Waals surface area (Å²) in [6.07, 6.45) is 0. The van der Waals surface area contributed by atoms with E-state index in [0.717, 1.165) is 44.1 Å². The highest BCUT2D eigenvalue weighted by atomic mass is 16.3. The molecule has 0 spiro atoms. The van der Waals surface area contributed by atoms with Gasteiger partial charge >= 0.3 is 0 Å². The van der Waals surface area contributed by atoms with Gasteiger partial charge in [0, 0.05) is 32.7 Å². The Labute approximate surface area is 204 Å². The molecule has 2 aliphatic rings. The minimum Gasteiger partial charge on any atom is -0.457 e. The van der Waals surface area contributed by atoms with E-state index in [4.69, 9.17) is 4.42 Å². The zero-order valence-electron chi connectivity index (χ0n) is 18.9. The van der Waals surface area contributed by atoms with Crippen LogP contribution in [0.3, 0.4) is 0 Å². The summed E-state index contributed by atoms with van der Waals surface area (Å²) in [5.74, 6) is 0. The average molecular weight is 458 g/mol. The van der Waals surface area contributed by atoms with Gasteiger partial charge < -0.3 is 8.98 Å². The number of nitrogens with zero attached hydrogens (tertiary/aromatic N) is 4. The van der Waals surface area contributed by atoms with Crippen LogP contribution in [-0.4, -0.2) is 26.3 Å². The van der Waals surface area contributed by atoms with Crippen LogP contribution in [0.4, 0.5) is 0 Å². The Hall–Kier alpha value is -4.84. The fraction of sp³-hybridized carbons (Fsp3) is 0. The second kappa shape index (κ2) is 5.69. The van der Waals surface area contributed by atoms with Crippen LogP contribution in [0.5, 0.6) is 0 Å². The molecule has 0 atom stereocenters.